The van der Waals surface area contributed by atoms with Gasteiger partial charge >= 0.3 is 0 Å². The normalized spacial score (nSPS) is 10.3. The maximum atomic E-state index is 6.13. The minimum atomic E-state index is 0.811. The molecule has 2 aromatic rings. The van der Waals surface area contributed by atoms with Gasteiger partial charge in [-0.05, 0) is 43.7 Å². The fourth-order valence-electron chi connectivity index (χ4n) is 2.23. The third-order valence-corrected chi connectivity index (χ3v) is 3.88. The van der Waals surface area contributed by atoms with E-state index in [-0.39, 0.29) is 0 Å². The number of halogens is 1. The molecule has 0 aliphatic carbocycles. The van der Waals surface area contributed by atoms with Gasteiger partial charge in [-0.25, -0.2) is 0 Å². The van der Waals surface area contributed by atoms with Gasteiger partial charge < -0.3 is 10.2 Å². The molecule has 0 saturated heterocycles. The Morgan fingerprint density at radius 3 is 2.50 bits per heavy atom. The Balaban J connectivity index is 1.93. The molecule has 2 aromatic carbocycles. The first-order valence-electron chi connectivity index (χ1n) is 7.01. The molecule has 0 unspecified atom stereocenters. The van der Waals surface area contributed by atoms with Gasteiger partial charge in [0.05, 0.1) is 0 Å². The zero-order chi connectivity index (χ0) is 14.4. The SMILES string of the molecule is CCN(CCNc1cccc(Cl)c1C)c1ccccc1. The van der Waals surface area contributed by atoms with E-state index in [0.29, 0.717) is 0 Å². The van der Waals surface area contributed by atoms with Crippen LogP contribution in [0.3, 0.4) is 0 Å². The first-order chi connectivity index (χ1) is 9.72. The number of hydrogen-bond acceptors (Lipinski definition) is 2. The highest BCUT2D eigenvalue weighted by Crippen LogP contribution is 2.22. The molecule has 0 amide bonds. The Morgan fingerprint density at radius 1 is 1.05 bits per heavy atom. The molecule has 2 nitrogen and oxygen atoms in total. The van der Waals surface area contributed by atoms with Crippen LogP contribution in [0.1, 0.15) is 12.5 Å². The molecule has 0 heterocycles. The summed E-state index contributed by atoms with van der Waals surface area (Å²) in [5.41, 5.74) is 3.48. The van der Waals surface area contributed by atoms with Gasteiger partial charge in [0, 0.05) is 36.0 Å². The molecule has 0 fully saturated rings. The summed E-state index contributed by atoms with van der Waals surface area (Å²) in [6, 6.07) is 16.5. The summed E-state index contributed by atoms with van der Waals surface area (Å²) in [6.07, 6.45) is 0. The number of para-hydroxylation sites is 1. The van der Waals surface area contributed by atoms with Crippen LogP contribution < -0.4 is 10.2 Å². The summed E-state index contributed by atoms with van der Waals surface area (Å²) in [6.45, 7) is 7.08. The summed E-state index contributed by atoms with van der Waals surface area (Å²) < 4.78 is 0. The summed E-state index contributed by atoms with van der Waals surface area (Å²) in [5.74, 6) is 0. The number of anilines is 2. The van der Waals surface area contributed by atoms with Crippen molar-refractivity contribution in [3.8, 4) is 0 Å². The van der Waals surface area contributed by atoms with E-state index in [1.165, 1.54) is 5.69 Å². The summed E-state index contributed by atoms with van der Waals surface area (Å²) >= 11 is 6.13. The van der Waals surface area contributed by atoms with Crippen molar-refractivity contribution in [3.05, 3.63) is 59.1 Å². The summed E-state index contributed by atoms with van der Waals surface area (Å²) in [5, 5.41) is 4.27. The quantitative estimate of drug-likeness (QED) is 0.836. The van der Waals surface area contributed by atoms with Crippen molar-refractivity contribution in [2.75, 3.05) is 29.9 Å². The second kappa shape index (κ2) is 7.20. The molecule has 1 N–H and O–H groups in total. The fraction of sp³-hybridized carbons (Fsp3) is 0.294. The smallest absolute Gasteiger partial charge is 0.0455 e. The number of benzene rings is 2. The minimum absolute atomic E-state index is 0.811. The predicted molar refractivity (Wildman–Crippen MR) is 89.0 cm³/mol. The Bertz CT molecular complexity index is 540. The van der Waals surface area contributed by atoms with E-state index in [9.17, 15) is 0 Å². The van der Waals surface area contributed by atoms with Crippen LogP contribution >= 0.6 is 11.6 Å². The monoisotopic (exact) mass is 288 g/mol. The number of nitrogens with one attached hydrogen (secondary N) is 1. The van der Waals surface area contributed by atoms with E-state index in [1.54, 1.807) is 0 Å². The number of nitrogens with zero attached hydrogens (tertiary/aromatic N) is 1. The number of likely N-dealkylation sites (N-methyl/N-ethyl adjacent to an activating group) is 1. The van der Waals surface area contributed by atoms with E-state index >= 15 is 0 Å². The fourth-order valence-corrected chi connectivity index (χ4v) is 2.41. The summed E-state index contributed by atoms with van der Waals surface area (Å²) in [4.78, 5) is 2.35. The standard InChI is InChI=1S/C17H21ClN2/c1-3-20(15-8-5-4-6-9-15)13-12-19-17-11-7-10-16(18)14(17)2/h4-11,19H,3,12-13H2,1-2H3. The molecule has 0 aliphatic heterocycles. The predicted octanol–water partition coefficient (Wildman–Crippen LogP) is 4.59. The number of hydrogen-bond donors (Lipinski definition) is 1. The Morgan fingerprint density at radius 2 is 1.80 bits per heavy atom. The van der Waals surface area contributed by atoms with Crippen molar-refractivity contribution in [3.63, 3.8) is 0 Å². The second-order valence-electron chi connectivity index (χ2n) is 4.75. The van der Waals surface area contributed by atoms with Crippen LogP contribution in [-0.2, 0) is 0 Å². The lowest BCUT2D eigenvalue weighted by Gasteiger charge is -2.23. The van der Waals surface area contributed by atoms with Crippen LogP contribution in [0.25, 0.3) is 0 Å². The average molecular weight is 289 g/mol. The Hall–Kier alpha value is -1.67. The molecule has 0 saturated carbocycles. The third kappa shape index (κ3) is 3.67. The number of rotatable bonds is 6. The topological polar surface area (TPSA) is 15.3 Å². The summed E-state index contributed by atoms with van der Waals surface area (Å²) in [7, 11) is 0. The maximum Gasteiger partial charge on any atom is 0.0455 e. The van der Waals surface area contributed by atoms with Crippen LogP contribution in [0, 0.1) is 6.92 Å². The van der Waals surface area contributed by atoms with E-state index in [0.717, 1.165) is 35.9 Å². The second-order valence-corrected chi connectivity index (χ2v) is 5.16. The van der Waals surface area contributed by atoms with Crippen molar-refractivity contribution < 1.29 is 0 Å². The van der Waals surface area contributed by atoms with Gasteiger partial charge in [-0.2, -0.15) is 0 Å². The zero-order valence-corrected chi connectivity index (χ0v) is 12.8. The molecular formula is C17H21ClN2. The molecule has 0 atom stereocenters. The molecule has 0 aliphatic rings. The van der Waals surface area contributed by atoms with Gasteiger partial charge in [0.15, 0.2) is 0 Å². The molecule has 3 heteroatoms. The van der Waals surface area contributed by atoms with Crippen molar-refractivity contribution in [1.82, 2.24) is 0 Å². The lowest BCUT2D eigenvalue weighted by molar-refractivity contribution is 0.835. The molecule has 2 rings (SSSR count). The van der Waals surface area contributed by atoms with E-state index < -0.39 is 0 Å². The molecule has 106 valence electrons. The van der Waals surface area contributed by atoms with Crippen LogP contribution in [-0.4, -0.2) is 19.6 Å². The minimum Gasteiger partial charge on any atom is -0.383 e. The van der Waals surface area contributed by atoms with Crippen LogP contribution in [0.2, 0.25) is 5.02 Å². The van der Waals surface area contributed by atoms with Crippen LogP contribution in [0.5, 0.6) is 0 Å². The van der Waals surface area contributed by atoms with Crippen molar-refractivity contribution in [2.45, 2.75) is 13.8 Å². The first-order valence-corrected chi connectivity index (χ1v) is 7.39. The lowest BCUT2D eigenvalue weighted by Crippen LogP contribution is -2.28. The molecule has 0 spiro atoms. The molecule has 0 bridgehead atoms. The Kier molecular flexibility index (Phi) is 5.31. The van der Waals surface area contributed by atoms with E-state index in [4.69, 9.17) is 11.6 Å². The van der Waals surface area contributed by atoms with Gasteiger partial charge in [0.2, 0.25) is 0 Å². The van der Waals surface area contributed by atoms with Gasteiger partial charge in [0.25, 0.3) is 0 Å². The van der Waals surface area contributed by atoms with Crippen LogP contribution in [0.15, 0.2) is 48.5 Å². The van der Waals surface area contributed by atoms with Gasteiger partial charge in [-0.3, -0.25) is 0 Å². The third-order valence-electron chi connectivity index (χ3n) is 3.47. The van der Waals surface area contributed by atoms with Gasteiger partial charge in [0.1, 0.15) is 0 Å². The van der Waals surface area contributed by atoms with Crippen molar-refractivity contribution in [2.24, 2.45) is 0 Å². The van der Waals surface area contributed by atoms with Gasteiger partial charge in [-0.1, -0.05) is 35.9 Å². The molecule has 0 aromatic heterocycles. The molecule has 0 radical (unpaired) electrons. The highest BCUT2D eigenvalue weighted by molar-refractivity contribution is 6.31. The molecule has 20 heavy (non-hydrogen) atoms. The van der Waals surface area contributed by atoms with Gasteiger partial charge in [-0.15, -0.1) is 0 Å². The lowest BCUT2D eigenvalue weighted by atomic mass is 10.2. The maximum absolute atomic E-state index is 6.13. The zero-order valence-electron chi connectivity index (χ0n) is 12.1. The van der Waals surface area contributed by atoms with E-state index in [2.05, 4.69) is 47.5 Å². The highest BCUT2D eigenvalue weighted by Gasteiger charge is 2.04. The van der Waals surface area contributed by atoms with Crippen molar-refractivity contribution >= 4 is 23.0 Å². The van der Waals surface area contributed by atoms with Crippen molar-refractivity contribution in [1.29, 1.82) is 0 Å². The Labute approximate surface area is 126 Å². The largest absolute Gasteiger partial charge is 0.383 e. The van der Waals surface area contributed by atoms with Crippen LogP contribution in [0.4, 0.5) is 11.4 Å². The average Bonchev–Trinajstić information content (AvgIpc) is 2.49. The highest BCUT2D eigenvalue weighted by atomic mass is 35.5. The van der Waals surface area contributed by atoms with E-state index in [1.807, 2.05) is 25.1 Å². The molecular weight excluding hydrogens is 268 g/mol. The first kappa shape index (κ1) is 14.7.